The average molecular weight is 311 g/mol. The first-order valence-corrected chi connectivity index (χ1v) is 6.87. The molecule has 0 aliphatic carbocycles. The van der Waals surface area contributed by atoms with E-state index in [4.69, 9.17) is 11.6 Å². The number of aromatic nitrogens is 2. The van der Waals surface area contributed by atoms with Crippen LogP contribution < -0.4 is 5.56 Å². The Bertz CT molecular complexity index is 912. The van der Waals surface area contributed by atoms with E-state index in [1.165, 1.54) is 6.07 Å². The van der Waals surface area contributed by atoms with Gasteiger partial charge >= 0.3 is 0 Å². The Morgan fingerprint density at radius 2 is 2.00 bits per heavy atom. The molecule has 110 valence electrons. The fourth-order valence-corrected chi connectivity index (χ4v) is 3.14. The molecular formula is C15H13ClF2N2O. The summed E-state index contributed by atoms with van der Waals surface area (Å²) in [5.74, 6) is 0. The van der Waals surface area contributed by atoms with E-state index >= 15 is 0 Å². The second-order valence-electron chi connectivity index (χ2n) is 5.08. The highest BCUT2D eigenvalue weighted by Gasteiger charge is 2.17. The molecule has 0 unspecified atom stereocenters. The topological polar surface area (TPSA) is 37.8 Å². The molecule has 0 saturated heterocycles. The van der Waals surface area contributed by atoms with Gasteiger partial charge in [0, 0.05) is 28.0 Å². The minimum absolute atomic E-state index is 0.284. The van der Waals surface area contributed by atoms with Gasteiger partial charge in [-0.2, -0.15) is 0 Å². The Balaban J connectivity index is 2.49. The van der Waals surface area contributed by atoms with E-state index in [9.17, 15) is 13.6 Å². The molecular weight excluding hydrogens is 298 g/mol. The van der Waals surface area contributed by atoms with Gasteiger partial charge in [-0.25, -0.2) is 8.78 Å². The first-order chi connectivity index (χ1) is 9.90. The molecule has 0 aliphatic rings. The minimum atomic E-state index is -2.43. The van der Waals surface area contributed by atoms with Crippen LogP contribution >= 0.6 is 11.6 Å². The van der Waals surface area contributed by atoms with Crippen molar-refractivity contribution in [3.05, 3.63) is 44.8 Å². The monoisotopic (exact) mass is 310 g/mol. The minimum Gasteiger partial charge on any atom is -0.339 e. The van der Waals surface area contributed by atoms with Crippen LogP contribution in [0.5, 0.6) is 0 Å². The number of nitrogens with zero attached hydrogens (tertiary/aromatic N) is 1. The second-order valence-corrected chi connectivity index (χ2v) is 5.48. The first-order valence-electron chi connectivity index (χ1n) is 6.49. The van der Waals surface area contributed by atoms with Crippen LogP contribution in [0.2, 0.25) is 5.02 Å². The number of nitrogens with one attached hydrogen (secondary N) is 1. The zero-order chi connectivity index (χ0) is 15.3. The summed E-state index contributed by atoms with van der Waals surface area (Å²) in [5.41, 5.74) is 2.70. The number of hydrogen-bond donors (Lipinski definition) is 1. The first kappa shape index (κ1) is 14.1. The van der Waals surface area contributed by atoms with Gasteiger partial charge in [0.2, 0.25) is 5.56 Å². The van der Waals surface area contributed by atoms with Gasteiger partial charge in [0.05, 0.1) is 17.1 Å². The van der Waals surface area contributed by atoms with Crippen molar-refractivity contribution >= 4 is 33.4 Å². The standard InChI is InChI=1S/C15H13ClF2N2O/c1-7-8(2)20(6-12(17)18)11-4-3-10-15(14(7)11)9(16)5-13(21)19-10/h3-5,12H,6H2,1-2H3,(H,19,21). The predicted octanol–water partition coefficient (Wildman–Crippen LogP) is 4.02. The summed E-state index contributed by atoms with van der Waals surface area (Å²) in [7, 11) is 0. The van der Waals surface area contributed by atoms with Crippen LogP contribution in [-0.4, -0.2) is 16.0 Å². The van der Waals surface area contributed by atoms with Crippen LogP contribution in [0.4, 0.5) is 8.78 Å². The highest BCUT2D eigenvalue weighted by Crippen LogP contribution is 2.34. The maximum Gasteiger partial charge on any atom is 0.256 e. The molecule has 0 spiro atoms. The number of hydrogen-bond acceptors (Lipinski definition) is 1. The summed E-state index contributed by atoms with van der Waals surface area (Å²) in [6.07, 6.45) is -2.43. The van der Waals surface area contributed by atoms with Crippen molar-refractivity contribution in [1.82, 2.24) is 9.55 Å². The van der Waals surface area contributed by atoms with Crippen LogP contribution in [-0.2, 0) is 6.54 Å². The maximum atomic E-state index is 12.8. The Kier molecular flexibility index (Phi) is 3.24. The quantitative estimate of drug-likeness (QED) is 0.763. The fraction of sp³-hybridized carbons (Fsp3) is 0.267. The lowest BCUT2D eigenvalue weighted by molar-refractivity contribution is 0.127. The van der Waals surface area contributed by atoms with E-state index in [0.717, 1.165) is 16.6 Å². The molecule has 0 saturated carbocycles. The third-order valence-corrected chi connectivity index (χ3v) is 4.17. The number of benzene rings is 1. The van der Waals surface area contributed by atoms with E-state index in [0.29, 0.717) is 21.4 Å². The molecule has 0 aliphatic heterocycles. The number of aromatic amines is 1. The summed E-state index contributed by atoms with van der Waals surface area (Å²) in [6.45, 7) is 3.33. The number of H-pyrrole nitrogens is 1. The molecule has 3 rings (SSSR count). The number of fused-ring (bicyclic) bond motifs is 3. The van der Waals surface area contributed by atoms with Crippen molar-refractivity contribution in [3.8, 4) is 0 Å². The lowest BCUT2D eigenvalue weighted by Crippen LogP contribution is -2.08. The van der Waals surface area contributed by atoms with Gasteiger partial charge in [-0.1, -0.05) is 11.6 Å². The Morgan fingerprint density at radius 3 is 2.67 bits per heavy atom. The zero-order valence-corrected chi connectivity index (χ0v) is 12.3. The number of alkyl halides is 2. The second kappa shape index (κ2) is 4.84. The van der Waals surface area contributed by atoms with Gasteiger partial charge in [0.15, 0.2) is 0 Å². The SMILES string of the molecule is Cc1c(C)n(CC(F)F)c2ccc3[nH]c(=O)cc(Cl)c3c12. The molecule has 2 aromatic heterocycles. The van der Waals surface area contributed by atoms with Crippen LogP contribution in [0.15, 0.2) is 23.0 Å². The van der Waals surface area contributed by atoms with Crippen molar-refractivity contribution < 1.29 is 8.78 Å². The Hall–Kier alpha value is -1.88. The van der Waals surface area contributed by atoms with Crippen LogP contribution in [0.25, 0.3) is 21.8 Å². The van der Waals surface area contributed by atoms with E-state index in [2.05, 4.69) is 4.98 Å². The lowest BCUT2D eigenvalue weighted by atomic mass is 10.1. The third-order valence-electron chi connectivity index (χ3n) is 3.87. The molecule has 21 heavy (non-hydrogen) atoms. The van der Waals surface area contributed by atoms with E-state index in [1.807, 2.05) is 13.8 Å². The smallest absolute Gasteiger partial charge is 0.256 e. The number of pyridine rings is 1. The molecule has 1 aromatic carbocycles. The Morgan fingerprint density at radius 1 is 1.29 bits per heavy atom. The lowest BCUT2D eigenvalue weighted by Gasteiger charge is -2.08. The molecule has 3 nitrogen and oxygen atoms in total. The molecule has 3 aromatic rings. The van der Waals surface area contributed by atoms with Crippen molar-refractivity contribution in [2.75, 3.05) is 0 Å². The number of rotatable bonds is 2. The summed E-state index contributed by atoms with van der Waals surface area (Å²) in [5, 5.41) is 1.84. The van der Waals surface area contributed by atoms with E-state index in [1.54, 1.807) is 16.7 Å². The molecule has 0 radical (unpaired) electrons. The molecule has 1 N–H and O–H groups in total. The van der Waals surface area contributed by atoms with Gasteiger partial charge in [0.1, 0.15) is 0 Å². The van der Waals surface area contributed by atoms with E-state index in [-0.39, 0.29) is 12.1 Å². The molecule has 2 heterocycles. The zero-order valence-electron chi connectivity index (χ0n) is 11.5. The summed E-state index contributed by atoms with van der Waals surface area (Å²) < 4.78 is 27.2. The molecule has 0 bridgehead atoms. The van der Waals surface area contributed by atoms with Crippen molar-refractivity contribution in [2.45, 2.75) is 26.8 Å². The van der Waals surface area contributed by atoms with Crippen molar-refractivity contribution in [3.63, 3.8) is 0 Å². The normalized spacial score (nSPS) is 11.9. The van der Waals surface area contributed by atoms with Gasteiger partial charge < -0.3 is 9.55 Å². The van der Waals surface area contributed by atoms with Gasteiger partial charge in [0.25, 0.3) is 6.43 Å². The molecule has 6 heteroatoms. The third kappa shape index (κ3) is 2.12. The highest BCUT2D eigenvalue weighted by molar-refractivity contribution is 6.37. The summed E-state index contributed by atoms with van der Waals surface area (Å²) >= 11 is 6.20. The van der Waals surface area contributed by atoms with Gasteiger partial charge in [-0.3, -0.25) is 4.79 Å². The van der Waals surface area contributed by atoms with Gasteiger partial charge in [-0.05, 0) is 31.5 Å². The van der Waals surface area contributed by atoms with Crippen LogP contribution in [0, 0.1) is 13.8 Å². The Labute approximate surface area is 124 Å². The predicted molar refractivity (Wildman–Crippen MR) is 80.6 cm³/mol. The number of halogens is 3. The largest absolute Gasteiger partial charge is 0.339 e. The fourth-order valence-electron chi connectivity index (χ4n) is 2.84. The molecule has 0 atom stereocenters. The van der Waals surface area contributed by atoms with E-state index < -0.39 is 6.43 Å². The summed E-state index contributed by atoms with van der Waals surface area (Å²) in [6, 6.07) is 4.75. The number of aryl methyl sites for hydroxylation is 1. The average Bonchev–Trinajstić information content (AvgIpc) is 2.63. The van der Waals surface area contributed by atoms with Crippen LogP contribution in [0.3, 0.4) is 0 Å². The van der Waals surface area contributed by atoms with Crippen molar-refractivity contribution in [1.29, 1.82) is 0 Å². The van der Waals surface area contributed by atoms with Crippen molar-refractivity contribution in [2.24, 2.45) is 0 Å². The molecule has 0 fully saturated rings. The summed E-state index contributed by atoms with van der Waals surface area (Å²) in [4.78, 5) is 14.2. The molecule has 0 amide bonds. The highest BCUT2D eigenvalue weighted by atomic mass is 35.5. The van der Waals surface area contributed by atoms with Crippen LogP contribution in [0.1, 0.15) is 11.3 Å². The van der Waals surface area contributed by atoms with Gasteiger partial charge in [-0.15, -0.1) is 0 Å². The maximum absolute atomic E-state index is 12.8.